The van der Waals surface area contributed by atoms with Crippen LogP contribution in [0.5, 0.6) is 0 Å². The van der Waals surface area contributed by atoms with E-state index in [-0.39, 0.29) is 36.9 Å². The molecule has 0 bridgehead atoms. The summed E-state index contributed by atoms with van der Waals surface area (Å²) >= 11 is 13.6. The summed E-state index contributed by atoms with van der Waals surface area (Å²) in [6.07, 6.45) is 0.276. The Balaban J connectivity index is 1.96. The van der Waals surface area contributed by atoms with E-state index >= 15 is 8.78 Å². The lowest BCUT2D eigenvalue weighted by atomic mass is 9.62. The number of hydrogen-bond acceptors (Lipinski definition) is 3. The molecular formula is C29H24Cl2F4IN3O. The average molecular weight is 704 g/mol. The summed E-state index contributed by atoms with van der Waals surface area (Å²) in [6, 6.07) is 9.96. The van der Waals surface area contributed by atoms with Crippen molar-refractivity contribution in [1.82, 2.24) is 5.32 Å². The topological polar surface area (TPSA) is 64.9 Å². The van der Waals surface area contributed by atoms with Crippen molar-refractivity contribution in [3.63, 3.8) is 0 Å². The van der Waals surface area contributed by atoms with Gasteiger partial charge in [0.2, 0.25) is 5.91 Å². The summed E-state index contributed by atoms with van der Waals surface area (Å²) in [6.45, 7) is 5.73. The van der Waals surface area contributed by atoms with Crippen molar-refractivity contribution in [2.45, 2.75) is 50.6 Å². The van der Waals surface area contributed by atoms with Crippen LogP contribution < -0.4 is 10.6 Å². The van der Waals surface area contributed by atoms with Crippen LogP contribution in [0.4, 0.5) is 23.2 Å². The highest BCUT2D eigenvalue weighted by molar-refractivity contribution is 14.1. The zero-order chi connectivity index (χ0) is 29.6. The Bertz CT molecular complexity index is 1500. The van der Waals surface area contributed by atoms with Crippen LogP contribution in [0.3, 0.4) is 0 Å². The molecule has 4 nitrogen and oxygen atoms in total. The molecule has 0 aromatic heterocycles. The van der Waals surface area contributed by atoms with Crippen LogP contribution in [0.2, 0.25) is 10.0 Å². The molecule has 1 saturated heterocycles. The fraction of sp³-hybridized carbons (Fsp3) is 0.310. The van der Waals surface area contributed by atoms with Crippen molar-refractivity contribution in [2.24, 2.45) is 5.41 Å². The van der Waals surface area contributed by atoms with E-state index in [9.17, 15) is 18.8 Å². The maximum absolute atomic E-state index is 15.7. The number of rotatable bonds is 5. The van der Waals surface area contributed by atoms with Crippen LogP contribution in [0.25, 0.3) is 0 Å². The predicted octanol–water partition coefficient (Wildman–Crippen LogP) is 8.11. The molecule has 3 aromatic carbocycles. The van der Waals surface area contributed by atoms with Gasteiger partial charge in [0.25, 0.3) is 0 Å². The van der Waals surface area contributed by atoms with E-state index in [4.69, 9.17) is 23.2 Å². The van der Waals surface area contributed by atoms with Crippen molar-refractivity contribution in [1.29, 1.82) is 5.26 Å². The Labute approximate surface area is 253 Å². The number of hydrogen-bond donors (Lipinski definition) is 2. The second-order valence-corrected chi connectivity index (χ2v) is 12.9. The minimum absolute atomic E-state index is 0.0767. The fourth-order valence-electron chi connectivity index (χ4n) is 5.40. The van der Waals surface area contributed by atoms with Gasteiger partial charge in [0.1, 0.15) is 28.7 Å². The Hall–Kier alpha value is -2.39. The standard InChI is InChI=1S/C29H24Cl2F4IN3O/c1-28(2,3)12-22-29(13-37,17-8-7-14(30)9-19(17)32)23(16-5-4-6-18(31)24(16)35)26(39-22)27(40)38-15-10-20(33)25(36)21(34)11-15/h4-11,22-23,26,39H,12H2,1-3H3,(H,38,40)/t22-,23-,26+,29-/m0/s1. The molecule has 0 saturated carbocycles. The molecule has 2 N–H and O–H groups in total. The van der Waals surface area contributed by atoms with Crippen molar-refractivity contribution < 1.29 is 22.4 Å². The highest BCUT2D eigenvalue weighted by Gasteiger charge is 2.61. The highest BCUT2D eigenvalue weighted by atomic mass is 127. The van der Waals surface area contributed by atoms with Crippen molar-refractivity contribution in [3.8, 4) is 6.07 Å². The first kappa shape index (κ1) is 30.6. The lowest BCUT2D eigenvalue weighted by Crippen LogP contribution is -2.45. The number of nitriles is 1. The number of nitrogens with one attached hydrogen (secondary N) is 2. The van der Waals surface area contributed by atoms with Gasteiger partial charge in [0, 0.05) is 28.2 Å². The van der Waals surface area contributed by atoms with E-state index < -0.39 is 58.0 Å². The second kappa shape index (κ2) is 11.5. The van der Waals surface area contributed by atoms with Crippen LogP contribution in [0.1, 0.15) is 44.2 Å². The van der Waals surface area contributed by atoms with E-state index in [1.165, 1.54) is 52.9 Å². The molecule has 0 radical (unpaired) electrons. The molecule has 0 unspecified atom stereocenters. The van der Waals surface area contributed by atoms with Gasteiger partial charge in [-0.1, -0.05) is 62.2 Å². The molecule has 0 aliphatic carbocycles. The maximum atomic E-state index is 15.7. The van der Waals surface area contributed by atoms with Gasteiger partial charge in [-0.2, -0.15) is 5.26 Å². The number of carbonyl (C=O) groups excluding carboxylic acids is 1. The van der Waals surface area contributed by atoms with Gasteiger partial charge in [-0.05, 0) is 70.3 Å². The molecule has 4 rings (SSSR count). The first-order chi connectivity index (χ1) is 18.7. The van der Waals surface area contributed by atoms with Crippen LogP contribution in [-0.2, 0) is 10.2 Å². The van der Waals surface area contributed by atoms with Crippen molar-refractivity contribution in [3.05, 3.63) is 96.5 Å². The quantitative estimate of drug-likeness (QED) is 0.160. The average Bonchev–Trinajstić information content (AvgIpc) is 3.17. The van der Waals surface area contributed by atoms with E-state index in [0.717, 1.165) is 18.2 Å². The van der Waals surface area contributed by atoms with Crippen molar-refractivity contribution >= 4 is 57.4 Å². The molecule has 11 heteroatoms. The number of nitrogens with zero attached hydrogens (tertiary/aromatic N) is 1. The number of halogens is 7. The molecule has 0 spiro atoms. The molecule has 1 heterocycles. The first-order valence-electron chi connectivity index (χ1n) is 12.2. The van der Waals surface area contributed by atoms with Crippen LogP contribution >= 0.6 is 45.8 Å². The largest absolute Gasteiger partial charge is 0.325 e. The Morgan fingerprint density at radius 2 is 1.73 bits per heavy atom. The van der Waals surface area contributed by atoms with Crippen LogP contribution in [-0.4, -0.2) is 18.0 Å². The summed E-state index contributed by atoms with van der Waals surface area (Å²) in [4.78, 5) is 13.8. The predicted molar refractivity (Wildman–Crippen MR) is 155 cm³/mol. The fourth-order valence-corrected chi connectivity index (χ4v) is 6.06. The minimum atomic E-state index is -1.82. The molecule has 210 valence electrons. The number of anilines is 1. The van der Waals surface area contributed by atoms with Gasteiger partial charge in [0.15, 0.2) is 0 Å². The maximum Gasteiger partial charge on any atom is 0.242 e. The minimum Gasteiger partial charge on any atom is -0.325 e. The summed E-state index contributed by atoms with van der Waals surface area (Å²) < 4.78 is 59.6. The molecule has 1 aliphatic heterocycles. The zero-order valence-electron chi connectivity index (χ0n) is 21.6. The van der Waals surface area contributed by atoms with E-state index in [0.29, 0.717) is 0 Å². The molecule has 1 fully saturated rings. The van der Waals surface area contributed by atoms with E-state index in [1.54, 1.807) is 0 Å². The van der Waals surface area contributed by atoms with Gasteiger partial charge in [-0.3, -0.25) is 4.79 Å². The Kier molecular flexibility index (Phi) is 8.77. The van der Waals surface area contributed by atoms with Gasteiger partial charge in [-0.15, -0.1) is 0 Å². The molecule has 3 aromatic rings. The first-order valence-corrected chi connectivity index (χ1v) is 14.0. The summed E-state index contributed by atoms with van der Waals surface area (Å²) in [5.41, 5.74) is -2.59. The smallest absolute Gasteiger partial charge is 0.242 e. The molecular weight excluding hydrogens is 680 g/mol. The highest BCUT2D eigenvalue weighted by Crippen LogP contribution is 2.53. The number of amides is 1. The van der Waals surface area contributed by atoms with Crippen molar-refractivity contribution in [2.75, 3.05) is 5.32 Å². The Morgan fingerprint density at radius 3 is 2.30 bits per heavy atom. The van der Waals surface area contributed by atoms with Crippen LogP contribution in [0, 0.1) is 43.6 Å². The second-order valence-electron chi connectivity index (χ2n) is 10.9. The van der Waals surface area contributed by atoms with Gasteiger partial charge < -0.3 is 10.6 Å². The normalized spacial score (nSPS) is 22.7. The lowest BCUT2D eigenvalue weighted by Gasteiger charge is -2.37. The van der Waals surface area contributed by atoms with E-state index in [1.807, 2.05) is 20.8 Å². The third-order valence-electron chi connectivity index (χ3n) is 6.98. The number of benzene rings is 3. The molecule has 1 aliphatic rings. The monoisotopic (exact) mass is 703 g/mol. The molecule has 1 amide bonds. The van der Waals surface area contributed by atoms with Crippen LogP contribution in [0.15, 0.2) is 48.5 Å². The third kappa shape index (κ3) is 5.69. The Morgan fingerprint density at radius 1 is 1.07 bits per heavy atom. The van der Waals surface area contributed by atoms with Gasteiger partial charge in [-0.25, -0.2) is 17.6 Å². The SMILES string of the molecule is CC(C)(C)C[C@@H]1N[C@@H](C(=O)Nc2cc(F)c(I)c(F)c2)[C@H](c2cccc(Cl)c2F)[C@@]1(C#N)c1ccc(Cl)cc1F. The molecule has 4 atom stereocenters. The van der Waals surface area contributed by atoms with Gasteiger partial charge in [0.05, 0.1) is 20.7 Å². The zero-order valence-corrected chi connectivity index (χ0v) is 25.2. The van der Waals surface area contributed by atoms with E-state index in [2.05, 4.69) is 16.7 Å². The lowest BCUT2D eigenvalue weighted by molar-refractivity contribution is -0.118. The summed E-state index contributed by atoms with van der Waals surface area (Å²) in [7, 11) is 0. The summed E-state index contributed by atoms with van der Waals surface area (Å²) in [5.74, 6) is -5.54. The number of carbonyl (C=O) groups is 1. The molecule has 40 heavy (non-hydrogen) atoms. The summed E-state index contributed by atoms with van der Waals surface area (Å²) in [5, 5.41) is 16.3. The third-order valence-corrected chi connectivity index (χ3v) is 8.54. The van der Waals surface area contributed by atoms with Gasteiger partial charge >= 0.3 is 0 Å².